The van der Waals surface area contributed by atoms with Crippen molar-refractivity contribution in [1.82, 2.24) is 9.80 Å². The molecule has 0 aliphatic rings. The average Bonchev–Trinajstić information content (AvgIpc) is 2.75. The molecule has 6 nitrogen and oxygen atoms in total. The Bertz CT molecular complexity index is 436. The Morgan fingerprint density at radius 3 is 0.771 bits per heavy atom. The Kier molecular flexibility index (Phi) is 35.7. The molecule has 0 rings (SSSR count). The van der Waals surface area contributed by atoms with Gasteiger partial charge in [-0.15, -0.1) is 0 Å². The van der Waals surface area contributed by atoms with Crippen LogP contribution in [0.15, 0.2) is 0 Å². The van der Waals surface area contributed by atoms with Crippen LogP contribution in [0.25, 0.3) is 0 Å². The molecule has 0 aliphatic heterocycles. The highest BCUT2D eigenvalue weighted by Gasteiger charge is 1.94. The summed E-state index contributed by atoms with van der Waals surface area (Å²) in [6, 6.07) is 0. The van der Waals surface area contributed by atoms with E-state index in [9.17, 15) is 0 Å². The summed E-state index contributed by atoms with van der Waals surface area (Å²) >= 11 is 0. The average molecular weight is 525 g/mol. The molecule has 0 spiro atoms. The Balaban J connectivity index is -0.000000491. The van der Waals surface area contributed by atoms with Crippen LogP contribution in [0.1, 0.15) is 142 Å². The number of hydrogen-bond donors (Lipinski definition) is 2. The zero-order chi connectivity index (χ0) is 27.2. The summed E-state index contributed by atoms with van der Waals surface area (Å²) in [6.45, 7) is 7.09. The van der Waals surface area contributed by atoms with Crippen molar-refractivity contribution in [2.24, 2.45) is 0 Å². The predicted octanol–water partition coefficient (Wildman–Crippen LogP) is 8.29. The highest BCUT2D eigenvalue weighted by atomic mass is 32.3. The quantitative estimate of drug-likeness (QED) is 0.109. The number of unbranched alkanes of at least 4 members (excludes halogenated alkanes) is 18. The van der Waals surface area contributed by atoms with Crippen LogP contribution in [0.2, 0.25) is 0 Å². The summed E-state index contributed by atoms with van der Waals surface area (Å²) in [5.74, 6) is 0. The molecule has 0 saturated carbocycles. The Labute approximate surface area is 221 Å². The van der Waals surface area contributed by atoms with E-state index in [0.717, 1.165) is 0 Å². The zero-order valence-electron chi connectivity index (χ0n) is 24.6. The molecule has 0 aromatic heterocycles. The third-order valence-corrected chi connectivity index (χ3v) is 5.92. The minimum atomic E-state index is -4.67. The van der Waals surface area contributed by atoms with Crippen molar-refractivity contribution in [1.29, 1.82) is 0 Å². The molecule has 216 valence electrons. The van der Waals surface area contributed by atoms with Crippen molar-refractivity contribution < 1.29 is 17.5 Å². The molecule has 35 heavy (non-hydrogen) atoms. The van der Waals surface area contributed by atoms with Gasteiger partial charge in [-0.3, -0.25) is 9.11 Å². The summed E-state index contributed by atoms with van der Waals surface area (Å²) in [6.07, 6.45) is 28.7. The molecule has 0 unspecified atom stereocenters. The van der Waals surface area contributed by atoms with Crippen molar-refractivity contribution in [3.8, 4) is 0 Å². The maximum Gasteiger partial charge on any atom is 0.394 e. The van der Waals surface area contributed by atoms with E-state index < -0.39 is 10.4 Å². The van der Waals surface area contributed by atoms with Crippen molar-refractivity contribution >= 4 is 10.4 Å². The summed E-state index contributed by atoms with van der Waals surface area (Å²) in [5, 5.41) is 0. The van der Waals surface area contributed by atoms with Gasteiger partial charge in [0.05, 0.1) is 0 Å². The predicted molar refractivity (Wildman–Crippen MR) is 155 cm³/mol. The van der Waals surface area contributed by atoms with E-state index in [1.165, 1.54) is 142 Å². The molecule has 0 heterocycles. The van der Waals surface area contributed by atoms with Crippen LogP contribution in [0.4, 0.5) is 0 Å². The second kappa shape index (κ2) is 31.8. The second-order valence-corrected chi connectivity index (χ2v) is 11.3. The summed E-state index contributed by atoms with van der Waals surface area (Å²) < 4.78 is 31.6. The normalized spacial score (nSPS) is 11.3. The molecule has 0 radical (unpaired) electrons. The lowest BCUT2D eigenvalue weighted by Gasteiger charge is -2.08. The minimum Gasteiger partial charge on any atom is -0.309 e. The van der Waals surface area contributed by atoms with Crippen molar-refractivity contribution in [2.75, 3.05) is 41.3 Å². The summed E-state index contributed by atoms with van der Waals surface area (Å²) in [7, 11) is 3.98. The number of hydrogen-bond acceptors (Lipinski definition) is 4. The van der Waals surface area contributed by atoms with Gasteiger partial charge in [0.1, 0.15) is 0 Å². The zero-order valence-corrected chi connectivity index (χ0v) is 25.4. The fraction of sp³-hybridized carbons (Fsp3) is 1.00. The van der Waals surface area contributed by atoms with Crippen LogP contribution in [-0.2, 0) is 10.4 Å². The van der Waals surface area contributed by atoms with E-state index in [0.29, 0.717) is 0 Å². The van der Waals surface area contributed by atoms with E-state index in [-0.39, 0.29) is 0 Å². The maximum atomic E-state index is 8.74. The topological polar surface area (TPSA) is 81.1 Å². The maximum absolute atomic E-state index is 8.74. The van der Waals surface area contributed by atoms with Crippen molar-refractivity contribution in [3.63, 3.8) is 0 Å². The first kappa shape index (κ1) is 39.3. The number of nitrogens with zero attached hydrogens (tertiary/aromatic N) is 2. The molecule has 0 saturated heterocycles. The van der Waals surface area contributed by atoms with Gasteiger partial charge in [0.15, 0.2) is 0 Å². The van der Waals surface area contributed by atoms with Crippen molar-refractivity contribution in [2.45, 2.75) is 142 Å². The van der Waals surface area contributed by atoms with Gasteiger partial charge in [-0.1, -0.05) is 129 Å². The Morgan fingerprint density at radius 1 is 0.429 bits per heavy atom. The Hall–Kier alpha value is -0.210. The summed E-state index contributed by atoms with van der Waals surface area (Å²) in [4.78, 5) is 4.56. The second-order valence-electron chi connectivity index (χ2n) is 10.4. The smallest absolute Gasteiger partial charge is 0.309 e. The number of rotatable bonds is 22. The van der Waals surface area contributed by atoms with Gasteiger partial charge in [0.2, 0.25) is 0 Å². The molecule has 0 aliphatic carbocycles. The van der Waals surface area contributed by atoms with Crippen LogP contribution in [-0.4, -0.2) is 68.6 Å². The van der Waals surface area contributed by atoms with Gasteiger partial charge < -0.3 is 9.80 Å². The van der Waals surface area contributed by atoms with Crippen LogP contribution in [0, 0.1) is 0 Å². The van der Waals surface area contributed by atoms with Crippen LogP contribution >= 0.6 is 0 Å². The SMILES string of the molecule is CCCCCCCCCCCCN(C)C.CCCCCCCCCCCCN(C)C.O=S(=O)(O)O. The van der Waals surface area contributed by atoms with Gasteiger partial charge >= 0.3 is 10.4 Å². The van der Waals surface area contributed by atoms with E-state index in [2.05, 4.69) is 51.8 Å². The molecular weight excluding hydrogens is 460 g/mol. The van der Waals surface area contributed by atoms with Crippen LogP contribution in [0.5, 0.6) is 0 Å². The standard InChI is InChI=1S/2C14H31N.H2O4S/c2*1-4-5-6-7-8-9-10-11-12-13-14-15(2)3;1-5(2,3)4/h2*4-14H2,1-3H3;(H2,1,2,3,4). The Morgan fingerprint density at radius 2 is 0.600 bits per heavy atom. The first-order chi connectivity index (χ1) is 16.5. The molecule has 0 bridgehead atoms. The molecule has 0 atom stereocenters. The van der Waals surface area contributed by atoms with Crippen LogP contribution < -0.4 is 0 Å². The molecule has 0 amide bonds. The van der Waals surface area contributed by atoms with Gasteiger partial charge in [0.25, 0.3) is 0 Å². The highest BCUT2D eigenvalue weighted by molar-refractivity contribution is 7.79. The fourth-order valence-corrected chi connectivity index (χ4v) is 3.83. The monoisotopic (exact) mass is 524 g/mol. The van der Waals surface area contributed by atoms with Gasteiger partial charge in [0, 0.05) is 0 Å². The van der Waals surface area contributed by atoms with Gasteiger partial charge in [-0.25, -0.2) is 0 Å². The summed E-state index contributed by atoms with van der Waals surface area (Å²) in [5.41, 5.74) is 0. The van der Waals surface area contributed by atoms with Gasteiger partial charge in [-0.2, -0.15) is 8.42 Å². The molecular formula is C28H64N2O4S. The fourth-order valence-electron chi connectivity index (χ4n) is 3.83. The van der Waals surface area contributed by atoms with Crippen molar-refractivity contribution in [3.05, 3.63) is 0 Å². The molecule has 0 fully saturated rings. The molecule has 0 aromatic carbocycles. The lowest BCUT2D eigenvalue weighted by atomic mass is 10.1. The lowest BCUT2D eigenvalue weighted by molar-refractivity contribution is 0.381. The molecule has 7 heteroatoms. The third-order valence-electron chi connectivity index (χ3n) is 5.92. The molecule has 2 N–H and O–H groups in total. The lowest BCUT2D eigenvalue weighted by Crippen LogP contribution is -2.12. The van der Waals surface area contributed by atoms with E-state index in [4.69, 9.17) is 17.5 Å². The van der Waals surface area contributed by atoms with E-state index in [1.54, 1.807) is 0 Å². The largest absolute Gasteiger partial charge is 0.394 e. The van der Waals surface area contributed by atoms with Gasteiger partial charge in [-0.05, 0) is 54.1 Å². The minimum absolute atomic E-state index is 1.26. The van der Waals surface area contributed by atoms with E-state index in [1.807, 2.05) is 0 Å². The first-order valence-electron chi connectivity index (χ1n) is 14.5. The first-order valence-corrected chi connectivity index (χ1v) is 15.9. The molecule has 0 aromatic rings. The third kappa shape index (κ3) is 60.3. The van der Waals surface area contributed by atoms with Crippen LogP contribution in [0.3, 0.4) is 0 Å². The highest BCUT2D eigenvalue weighted by Crippen LogP contribution is 2.11. The van der Waals surface area contributed by atoms with E-state index >= 15 is 0 Å².